The zero-order valence-corrected chi connectivity index (χ0v) is 17.2. The number of para-hydroxylation sites is 2. The van der Waals surface area contributed by atoms with Crippen molar-refractivity contribution < 1.29 is 9.53 Å². The first-order chi connectivity index (χ1) is 15.1. The zero-order valence-electron chi connectivity index (χ0n) is 17.2. The number of aromatic amines is 1. The monoisotopic (exact) mass is 415 g/mol. The van der Waals surface area contributed by atoms with E-state index in [1.54, 1.807) is 31.5 Å². The van der Waals surface area contributed by atoms with Gasteiger partial charge in [0.1, 0.15) is 11.8 Å². The van der Waals surface area contributed by atoms with Gasteiger partial charge >= 0.3 is 0 Å². The summed E-state index contributed by atoms with van der Waals surface area (Å²) >= 11 is 0. The number of benzene rings is 2. The fraction of sp³-hybridized carbons (Fsp3) is 0.217. The predicted molar refractivity (Wildman–Crippen MR) is 115 cm³/mol. The Labute approximate surface area is 178 Å². The van der Waals surface area contributed by atoms with Crippen molar-refractivity contribution in [3.63, 3.8) is 0 Å². The maximum Gasteiger partial charge on any atom is 0.282 e. The summed E-state index contributed by atoms with van der Waals surface area (Å²) in [6.07, 6.45) is 2.27. The molecule has 1 aliphatic rings. The summed E-state index contributed by atoms with van der Waals surface area (Å²) in [6, 6.07) is 14.4. The summed E-state index contributed by atoms with van der Waals surface area (Å²) in [7, 11) is 3.27. The summed E-state index contributed by atoms with van der Waals surface area (Å²) < 4.78 is 6.74. The topological polar surface area (TPSA) is 93.1 Å². The van der Waals surface area contributed by atoms with Crippen LogP contribution in [0.4, 0.5) is 0 Å². The van der Waals surface area contributed by atoms with Crippen LogP contribution in [-0.2, 0) is 13.5 Å². The van der Waals surface area contributed by atoms with E-state index in [1.165, 1.54) is 4.57 Å². The molecule has 1 amide bonds. The predicted octanol–water partition coefficient (Wildman–Crippen LogP) is 2.45. The van der Waals surface area contributed by atoms with Crippen molar-refractivity contribution >= 4 is 16.9 Å². The van der Waals surface area contributed by atoms with Crippen LogP contribution < -0.4 is 10.3 Å². The average molecular weight is 415 g/mol. The molecule has 2 aromatic heterocycles. The maximum atomic E-state index is 13.6. The van der Waals surface area contributed by atoms with Gasteiger partial charge in [-0.2, -0.15) is 0 Å². The third kappa shape index (κ3) is 3.07. The summed E-state index contributed by atoms with van der Waals surface area (Å²) in [6.45, 7) is 0.447. The number of hydrogen-bond donors (Lipinski definition) is 1. The van der Waals surface area contributed by atoms with E-state index in [2.05, 4.69) is 15.0 Å². The Balaban J connectivity index is 1.63. The summed E-state index contributed by atoms with van der Waals surface area (Å²) in [4.78, 5) is 40.4. The van der Waals surface area contributed by atoms with Crippen molar-refractivity contribution in [3.8, 4) is 5.75 Å². The van der Waals surface area contributed by atoms with Crippen LogP contribution in [0.25, 0.3) is 11.0 Å². The van der Waals surface area contributed by atoms with Gasteiger partial charge < -0.3 is 19.2 Å². The molecule has 1 N–H and O–H groups in total. The minimum atomic E-state index is -0.425. The minimum Gasteiger partial charge on any atom is -0.497 e. The number of amides is 1. The molecule has 0 unspecified atom stereocenters. The molecule has 1 atom stereocenters. The van der Waals surface area contributed by atoms with E-state index in [0.717, 1.165) is 22.7 Å². The lowest BCUT2D eigenvalue weighted by molar-refractivity contribution is 0.0682. The molecule has 0 bridgehead atoms. The number of H-pyrrole nitrogens is 1. The smallest absolute Gasteiger partial charge is 0.282 e. The molecule has 8 heteroatoms. The summed E-state index contributed by atoms with van der Waals surface area (Å²) in [5.41, 5.74) is 3.45. The number of aryl methyl sites for hydroxylation is 1. The van der Waals surface area contributed by atoms with Crippen molar-refractivity contribution in [1.82, 2.24) is 24.4 Å². The number of imidazole rings is 1. The Morgan fingerprint density at radius 3 is 2.71 bits per heavy atom. The van der Waals surface area contributed by atoms with Gasteiger partial charge in [-0.25, -0.2) is 9.97 Å². The number of hydrogen-bond acceptors (Lipinski definition) is 5. The first-order valence-electron chi connectivity index (χ1n) is 10.0. The number of aromatic nitrogens is 4. The van der Waals surface area contributed by atoms with Crippen LogP contribution in [0.1, 0.15) is 33.5 Å². The number of fused-ring (bicyclic) bond motifs is 2. The van der Waals surface area contributed by atoms with Crippen LogP contribution in [0, 0.1) is 0 Å². The Bertz CT molecular complexity index is 1340. The van der Waals surface area contributed by atoms with E-state index >= 15 is 0 Å². The van der Waals surface area contributed by atoms with Crippen molar-refractivity contribution in [3.05, 3.63) is 87.9 Å². The van der Waals surface area contributed by atoms with E-state index in [4.69, 9.17) is 4.74 Å². The molecular formula is C23H21N5O3. The van der Waals surface area contributed by atoms with Crippen molar-refractivity contribution in [2.45, 2.75) is 12.5 Å². The van der Waals surface area contributed by atoms with Gasteiger partial charge in [-0.15, -0.1) is 0 Å². The van der Waals surface area contributed by atoms with Gasteiger partial charge in [0.05, 0.1) is 30.2 Å². The summed E-state index contributed by atoms with van der Waals surface area (Å²) in [5, 5.41) is 0. The van der Waals surface area contributed by atoms with Crippen LogP contribution >= 0.6 is 0 Å². The number of nitrogens with one attached hydrogen (secondary N) is 1. The number of ether oxygens (including phenoxy) is 1. The van der Waals surface area contributed by atoms with E-state index in [1.807, 2.05) is 42.5 Å². The molecule has 0 saturated carbocycles. The first kappa shape index (κ1) is 19.0. The molecule has 0 saturated heterocycles. The molecule has 0 aliphatic carbocycles. The SMILES string of the molecule is COc1ccc([C@@H]2c3nc[nH]c3CCN2C(=O)c2nc3ccccc3n(C)c2=O)cc1. The largest absolute Gasteiger partial charge is 0.497 e. The quantitative estimate of drug-likeness (QED) is 0.555. The first-order valence-corrected chi connectivity index (χ1v) is 10.0. The van der Waals surface area contributed by atoms with Gasteiger partial charge in [-0.05, 0) is 29.8 Å². The Hall–Kier alpha value is -3.94. The van der Waals surface area contributed by atoms with E-state index in [-0.39, 0.29) is 5.69 Å². The van der Waals surface area contributed by atoms with Crippen molar-refractivity contribution in [2.75, 3.05) is 13.7 Å². The molecule has 4 aromatic rings. The van der Waals surface area contributed by atoms with Gasteiger partial charge in [-0.3, -0.25) is 9.59 Å². The molecule has 0 fully saturated rings. The van der Waals surface area contributed by atoms with Gasteiger partial charge in [0, 0.05) is 25.7 Å². The molecule has 3 heterocycles. The second-order valence-electron chi connectivity index (χ2n) is 7.50. The second-order valence-corrected chi connectivity index (χ2v) is 7.50. The van der Waals surface area contributed by atoms with Crippen LogP contribution in [0.2, 0.25) is 0 Å². The molecule has 2 aromatic carbocycles. The highest BCUT2D eigenvalue weighted by Crippen LogP contribution is 2.34. The molecular weight excluding hydrogens is 394 g/mol. The van der Waals surface area contributed by atoms with Crippen LogP contribution in [0.15, 0.2) is 59.7 Å². The lowest BCUT2D eigenvalue weighted by Gasteiger charge is -2.35. The molecule has 31 heavy (non-hydrogen) atoms. The fourth-order valence-electron chi connectivity index (χ4n) is 4.17. The average Bonchev–Trinajstić information content (AvgIpc) is 3.29. The highest BCUT2D eigenvalue weighted by molar-refractivity contribution is 5.94. The van der Waals surface area contributed by atoms with Crippen LogP contribution in [0.3, 0.4) is 0 Å². The highest BCUT2D eigenvalue weighted by atomic mass is 16.5. The molecule has 5 rings (SSSR count). The number of nitrogens with zero attached hydrogens (tertiary/aromatic N) is 4. The van der Waals surface area contributed by atoms with E-state index < -0.39 is 17.5 Å². The third-order valence-corrected chi connectivity index (χ3v) is 5.80. The number of methoxy groups -OCH3 is 1. The Morgan fingerprint density at radius 1 is 1.16 bits per heavy atom. The molecule has 156 valence electrons. The second kappa shape index (κ2) is 7.39. The number of carbonyl (C=O) groups excluding carboxylic acids is 1. The number of carbonyl (C=O) groups is 1. The van der Waals surface area contributed by atoms with E-state index in [0.29, 0.717) is 24.0 Å². The number of rotatable bonds is 3. The molecule has 8 nitrogen and oxygen atoms in total. The van der Waals surface area contributed by atoms with Gasteiger partial charge in [0.25, 0.3) is 11.5 Å². The fourth-order valence-corrected chi connectivity index (χ4v) is 4.17. The molecule has 1 aliphatic heterocycles. The van der Waals surface area contributed by atoms with E-state index in [9.17, 15) is 9.59 Å². The van der Waals surface area contributed by atoms with Crippen LogP contribution in [-0.4, -0.2) is 44.0 Å². The maximum absolute atomic E-state index is 13.6. The lowest BCUT2D eigenvalue weighted by atomic mass is 9.95. The lowest BCUT2D eigenvalue weighted by Crippen LogP contribution is -2.43. The third-order valence-electron chi connectivity index (χ3n) is 5.80. The standard InChI is InChI=1S/C23H21N5O3/c1-27-18-6-4-3-5-16(18)26-20(22(27)29)23(30)28-12-11-17-19(25-13-24-17)21(28)14-7-9-15(31-2)10-8-14/h3-10,13,21H,11-12H2,1-2H3,(H,24,25)/t21-/m1/s1. The van der Waals surface area contributed by atoms with Gasteiger partial charge in [-0.1, -0.05) is 24.3 Å². The highest BCUT2D eigenvalue weighted by Gasteiger charge is 2.36. The molecule has 0 radical (unpaired) electrons. The zero-order chi connectivity index (χ0) is 21.5. The van der Waals surface area contributed by atoms with Crippen LogP contribution in [0.5, 0.6) is 5.75 Å². The van der Waals surface area contributed by atoms with Crippen molar-refractivity contribution in [1.29, 1.82) is 0 Å². The Kier molecular flexibility index (Phi) is 4.54. The Morgan fingerprint density at radius 2 is 1.94 bits per heavy atom. The summed E-state index contributed by atoms with van der Waals surface area (Å²) in [5.74, 6) is 0.325. The normalized spacial score (nSPS) is 15.7. The molecule has 0 spiro atoms. The van der Waals surface area contributed by atoms with Gasteiger partial charge in [0.15, 0.2) is 5.69 Å². The van der Waals surface area contributed by atoms with Gasteiger partial charge in [0.2, 0.25) is 0 Å². The van der Waals surface area contributed by atoms with Crippen molar-refractivity contribution in [2.24, 2.45) is 7.05 Å². The minimum absolute atomic E-state index is 0.0845.